The van der Waals surface area contributed by atoms with Crippen LogP contribution in [0.1, 0.15) is 46.5 Å². The number of ether oxygens (including phenoxy) is 2. The molecule has 2 heterocycles. The predicted molar refractivity (Wildman–Crippen MR) is 76.6 cm³/mol. The van der Waals surface area contributed by atoms with Crippen molar-refractivity contribution in [1.29, 1.82) is 0 Å². The number of aliphatic hydroxyl groups is 1. The van der Waals surface area contributed by atoms with E-state index in [9.17, 15) is 5.11 Å². The van der Waals surface area contributed by atoms with E-state index in [1.165, 1.54) is 12.8 Å². The Balaban J connectivity index is 1.54. The third-order valence-electron chi connectivity index (χ3n) is 8.65. The van der Waals surface area contributed by atoms with E-state index in [2.05, 4.69) is 20.8 Å². The molecule has 116 valence electrons. The lowest BCUT2D eigenvalue weighted by Gasteiger charge is -2.48. The maximum Gasteiger partial charge on any atom is 0.127 e. The van der Waals surface area contributed by atoms with Crippen LogP contribution in [-0.4, -0.2) is 34.6 Å². The van der Waals surface area contributed by atoms with Crippen LogP contribution < -0.4 is 0 Å². The van der Waals surface area contributed by atoms with Crippen molar-refractivity contribution in [1.82, 2.24) is 0 Å². The van der Waals surface area contributed by atoms with E-state index in [1.807, 2.05) is 0 Å². The highest BCUT2D eigenvalue weighted by molar-refractivity contribution is 5.34. The van der Waals surface area contributed by atoms with Crippen molar-refractivity contribution in [2.45, 2.75) is 76.0 Å². The molecule has 2 saturated heterocycles. The van der Waals surface area contributed by atoms with Crippen LogP contribution in [0.25, 0.3) is 0 Å². The third-order valence-corrected chi connectivity index (χ3v) is 8.65. The second kappa shape index (κ2) is 3.09. The van der Waals surface area contributed by atoms with Gasteiger partial charge in [0.15, 0.2) is 0 Å². The van der Waals surface area contributed by atoms with Gasteiger partial charge in [-0.2, -0.15) is 0 Å². The first-order valence-electron chi connectivity index (χ1n) is 8.98. The van der Waals surface area contributed by atoms with Gasteiger partial charge in [0.25, 0.3) is 0 Å². The van der Waals surface area contributed by atoms with E-state index in [0.29, 0.717) is 47.4 Å². The molecule has 6 fully saturated rings. The molecule has 2 aliphatic heterocycles. The summed E-state index contributed by atoms with van der Waals surface area (Å²) in [6.07, 6.45) is 5.76. The minimum atomic E-state index is -0.635. The van der Waals surface area contributed by atoms with Crippen LogP contribution >= 0.6 is 0 Å². The Morgan fingerprint density at radius 2 is 1.90 bits per heavy atom. The van der Waals surface area contributed by atoms with Crippen molar-refractivity contribution in [3.63, 3.8) is 0 Å². The lowest BCUT2D eigenvalue weighted by Crippen LogP contribution is -2.61. The number of fused-ring (bicyclic) bond motifs is 5. The first-order chi connectivity index (χ1) is 9.92. The van der Waals surface area contributed by atoms with Gasteiger partial charge in [-0.1, -0.05) is 20.8 Å². The largest absolute Gasteiger partial charge is 0.386 e. The number of epoxide rings is 2. The van der Waals surface area contributed by atoms with Gasteiger partial charge >= 0.3 is 0 Å². The lowest BCUT2D eigenvalue weighted by molar-refractivity contribution is -0.165. The van der Waals surface area contributed by atoms with Gasteiger partial charge in [0.05, 0.1) is 18.3 Å². The van der Waals surface area contributed by atoms with Gasteiger partial charge in [0.1, 0.15) is 11.2 Å². The molecule has 6 aliphatic rings. The molecule has 1 spiro atoms. The SMILES string of the molecule is C[C@@H]1C[C@@H]2[C@H]([C@@H]3[C@@H]4O[C@@H]4C[C@H]4CC[C@@H]5O[C@]45[C@]31O)C2(C)C. The lowest BCUT2D eigenvalue weighted by atomic mass is 9.60. The molecule has 3 heteroatoms. The predicted octanol–water partition coefficient (Wildman–Crippen LogP) is 2.36. The van der Waals surface area contributed by atoms with Gasteiger partial charge in [-0.15, -0.1) is 0 Å². The normalized spacial score (nSPS) is 71.4. The zero-order chi connectivity index (χ0) is 14.4. The summed E-state index contributed by atoms with van der Waals surface area (Å²) in [7, 11) is 0. The standard InChI is InChI=1S/C18H26O3/c1-8-6-10-13(16(10,2)3)14-15-11(20-15)7-9-4-5-12-18(9,21-12)17(8,14)19/h8-15,19H,4-7H2,1-3H3/t8-,9-,10-,11-,12+,13-,14-,15-,17-,18-/m1/s1. The summed E-state index contributed by atoms with van der Waals surface area (Å²) in [5, 5.41) is 12.0. The van der Waals surface area contributed by atoms with Gasteiger partial charge < -0.3 is 14.6 Å². The molecule has 1 N–H and O–H groups in total. The molecule has 4 aliphatic carbocycles. The molecule has 0 amide bonds. The first-order valence-corrected chi connectivity index (χ1v) is 8.98. The smallest absolute Gasteiger partial charge is 0.127 e. The number of hydrogen-bond acceptors (Lipinski definition) is 3. The fourth-order valence-electron chi connectivity index (χ4n) is 7.53. The van der Waals surface area contributed by atoms with Crippen molar-refractivity contribution < 1.29 is 14.6 Å². The Kier molecular flexibility index (Phi) is 1.81. The fourth-order valence-corrected chi connectivity index (χ4v) is 7.53. The van der Waals surface area contributed by atoms with Gasteiger partial charge in [0.2, 0.25) is 0 Å². The maximum atomic E-state index is 12.0. The second-order valence-electron chi connectivity index (χ2n) is 9.49. The molecule has 3 nitrogen and oxygen atoms in total. The molecule has 21 heavy (non-hydrogen) atoms. The van der Waals surface area contributed by atoms with E-state index in [1.54, 1.807) is 0 Å². The molecule has 6 rings (SSSR count). The minimum absolute atomic E-state index is 0.197. The third kappa shape index (κ3) is 1.08. The van der Waals surface area contributed by atoms with Crippen LogP contribution in [0.5, 0.6) is 0 Å². The van der Waals surface area contributed by atoms with Gasteiger partial charge in [0, 0.05) is 5.92 Å². The van der Waals surface area contributed by atoms with Crippen molar-refractivity contribution >= 4 is 0 Å². The van der Waals surface area contributed by atoms with Gasteiger partial charge in [-0.05, 0) is 54.8 Å². The van der Waals surface area contributed by atoms with Crippen molar-refractivity contribution in [2.24, 2.45) is 35.0 Å². The quantitative estimate of drug-likeness (QED) is 0.697. The molecular weight excluding hydrogens is 264 g/mol. The summed E-state index contributed by atoms with van der Waals surface area (Å²) < 4.78 is 12.4. The monoisotopic (exact) mass is 290 g/mol. The van der Waals surface area contributed by atoms with Crippen LogP contribution in [0.4, 0.5) is 0 Å². The summed E-state index contributed by atoms with van der Waals surface area (Å²) in [4.78, 5) is 0. The molecule has 0 bridgehead atoms. The van der Waals surface area contributed by atoms with E-state index >= 15 is 0 Å². The minimum Gasteiger partial charge on any atom is -0.386 e. The van der Waals surface area contributed by atoms with E-state index < -0.39 is 5.60 Å². The molecular formula is C18H26O3. The Morgan fingerprint density at radius 3 is 2.67 bits per heavy atom. The van der Waals surface area contributed by atoms with Crippen molar-refractivity contribution in [2.75, 3.05) is 0 Å². The highest BCUT2D eigenvalue weighted by Gasteiger charge is 2.86. The molecule has 0 aromatic heterocycles. The fraction of sp³-hybridized carbons (Fsp3) is 1.00. The van der Waals surface area contributed by atoms with Crippen LogP contribution in [0.3, 0.4) is 0 Å². The zero-order valence-corrected chi connectivity index (χ0v) is 13.2. The Labute approximate surface area is 126 Å². The maximum absolute atomic E-state index is 12.0. The summed E-state index contributed by atoms with van der Waals surface area (Å²) >= 11 is 0. The average Bonchev–Trinajstić information content (AvgIpc) is 3.33. The van der Waals surface area contributed by atoms with Crippen LogP contribution in [0, 0.1) is 35.0 Å². The molecule has 0 aromatic carbocycles. The number of rotatable bonds is 0. The van der Waals surface area contributed by atoms with Crippen LogP contribution in [-0.2, 0) is 9.47 Å². The average molecular weight is 290 g/mol. The Bertz CT molecular complexity index is 545. The Morgan fingerprint density at radius 1 is 1.10 bits per heavy atom. The van der Waals surface area contributed by atoms with E-state index in [4.69, 9.17) is 9.47 Å². The van der Waals surface area contributed by atoms with Gasteiger partial charge in [-0.3, -0.25) is 0 Å². The summed E-state index contributed by atoms with van der Waals surface area (Å²) in [6, 6.07) is 0. The molecule has 0 unspecified atom stereocenters. The highest BCUT2D eigenvalue weighted by Crippen LogP contribution is 2.78. The molecule has 10 atom stereocenters. The summed E-state index contributed by atoms with van der Waals surface area (Å²) in [6.45, 7) is 7.08. The van der Waals surface area contributed by atoms with Crippen molar-refractivity contribution in [3.05, 3.63) is 0 Å². The molecule has 0 aromatic rings. The zero-order valence-electron chi connectivity index (χ0n) is 13.2. The molecule has 4 saturated carbocycles. The van der Waals surface area contributed by atoms with Crippen LogP contribution in [0.15, 0.2) is 0 Å². The summed E-state index contributed by atoms with van der Waals surface area (Å²) in [5.41, 5.74) is -0.444. The number of hydrogen-bond donors (Lipinski definition) is 1. The highest BCUT2D eigenvalue weighted by atomic mass is 16.6. The first kappa shape index (κ1) is 12.3. The van der Waals surface area contributed by atoms with E-state index in [-0.39, 0.29) is 5.60 Å². The van der Waals surface area contributed by atoms with E-state index in [0.717, 1.165) is 18.8 Å². The van der Waals surface area contributed by atoms with Crippen molar-refractivity contribution in [3.8, 4) is 0 Å². The second-order valence-corrected chi connectivity index (χ2v) is 9.49. The topological polar surface area (TPSA) is 45.3 Å². The summed E-state index contributed by atoms with van der Waals surface area (Å²) in [5.74, 6) is 2.63. The molecule has 0 radical (unpaired) electrons. The van der Waals surface area contributed by atoms with Gasteiger partial charge in [-0.25, -0.2) is 0 Å². The van der Waals surface area contributed by atoms with Crippen LogP contribution in [0.2, 0.25) is 0 Å². The Hall–Kier alpha value is -0.120.